The topological polar surface area (TPSA) is 35.6 Å². The highest BCUT2D eigenvalue weighted by molar-refractivity contribution is 5.94. The summed E-state index contributed by atoms with van der Waals surface area (Å²) in [5, 5.41) is 3.03. The van der Waals surface area contributed by atoms with Crippen LogP contribution in [0.3, 0.4) is 0 Å². The van der Waals surface area contributed by atoms with Crippen molar-refractivity contribution in [2.24, 2.45) is 5.92 Å². The first kappa shape index (κ1) is 16.8. The molecule has 1 saturated heterocycles. The molecule has 4 nitrogen and oxygen atoms in total. The van der Waals surface area contributed by atoms with Crippen molar-refractivity contribution in [3.8, 4) is 0 Å². The minimum atomic E-state index is -0.831. The Balaban J connectivity index is 1.32. The zero-order valence-electron chi connectivity index (χ0n) is 14.4. The minimum absolute atomic E-state index is 0.0683. The summed E-state index contributed by atoms with van der Waals surface area (Å²) in [5.74, 6) is -1.36. The Labute approximate surface area is 151 Å². The van der Waals surface area contributed by atoms with E-state index in [2.05, 4.69) is 11.4 Å². The maximum Gasteiger partial charge on any atom is 0.321 e. The lowest BCUT2D eigenvalue weighted by molar-refractivity contribution is 0.245. The molecule has 0 saturated carbocycles. The van der Waals surface area contributed by atoms with Gasteiger partial charge in [-0.3, -0.25) is 4.90 Å². The van der Waals surface area contributed by atoms with Gasteiger partial charge in [0, 0.05) is 43.6 Å². The first-order valence-corrected chi connectivity index (χ1v) is 8.95. The molecule has 1 unspecified atom stereocenters. The molecule has 2 aliphatic heterocycles. The number of urea groups is 1. The van der Waals surface area contributed by atoms with Crippen LogP contribution in [0, 0.1) is 17.6 Å². The van der Waals surface area contributed by atoms with E-state index in [0.717, 1.165) is 37.7 Å². The van der Waals surface area contributed by atoms with Crippen molar-refractivity contribution in [3.05, 3.63) is 59.7 Å². The van der Waals surface area contributed by atoms with E-state index >= 15 is 0 Å². The second-order valence-corrected chi connectivity index (χ2v) is 6.92. The van der Waals surface area contributed by atoms with E-state index in [0.29, 0.717) is 24.7 Å². The van der Waals surface area contributed by atoms with Crippen LogP contribution >= 0.6 is 0 Å². The quantitative estimate of drug-likeness (QED) is 0.912. The number of nitrogens with one attached hydrogen (secondary N) is 1. The molecule has 6 heteroatoms. The highest BCUT2D eigenvalue weighted by Gasteiger charge is 2.27. The molecule has 1 atom stereocenters. The number of nitrogens with zero attached hydrogens (tertiary/aromatic N) is 2. The molecule has 0 radical (unpaired) electrons. The molecule has 2 aliphatic rings. The molecular formula is C20H21F2N3O. The van der Waals surface area contributed by atoms with E-state index in [9.17, 15) is 13.6 Å². The lowest BCUT2D eigenvalue weighted by Crippen LogP contribution is -2.41. The van der Waals surface area contributed by atoms with Gasteiger partial charge in [-0.25, -0.2) is 13.6 Å². The lowest BCUT2D eigenvalue weighted by atomic mass is 10.1. The Kier molecular flexibility index (Phi) is 4.49. The van der Waals surface area contributed by atoms with Crippen LogP contribution in [0.5, 0.6) is 0 Å². The molecule has 0 aromatic heterocycles. The van der Waals surface area contributed by atoms with Gasteiger partial charge in [-0.15, -0.1) is 0 Å². The number of carbonyl (C=O) groups is 1. The van der Waals surface area contributed by atoms with Crippen molar-refractivity contribution in [1.82, 2.24) is 5.32 Å². The van der Waals surface area contributed by atoms with E-state index in [1.54, 1.807) is 11.0 Å². The fourth-order valence-corrected chi connectivity index (χ4v) is 3.79. The second kappa shape index (κ2) is 6.94. The first-order valence-electron chi connectivity index (χ1n) is 8.95. The van der Waals surface area contributed by atoms with Crippen molar-refractivity contribution in [3.63, 3.8) is 0 Å². The minimum Gasteiger partial charge on any atom is -0.371 e. The predicted octanol–water partition coefficient (Wildman–Crippen LogP) is 3.56. The van der Waals surface area contributed by atoms with Gasteiger partial charge < -0.3 is 10.2 Å². The van der Waals surface area contributed by atoms with Crippen molar-refractivity contribution in [1.29, 1.82) is 0 Å². The predicted molar refractivity (Wildman–Crippen MR) is 97.6 cm³/mol. The van der Waals surface area contributed by atoms with Gasteiger partial charge in [0.15, 0.2) is 11.6 Å². The summed E-state index contributed by atoms with van der Waals surface area (Å²) in [5.41, 5.74) is 2.87. The summed E-state index contributed by atoms with van der Waals surface area (Å²) in [6.07, 6.45) is 1.80. The van der Waals surface area contributed by atoms with Crippen LogP contribution < -0.4 is 15.1 Å². The summed E-state index contributed by atoms with van der Waals surface area (Å²) in [7, 11) is 0. The number of anilines is 2. The van der Waals surface area contributed by atoms with Crippen LogP contribution in [-0.2, 0) is 6.42 Å². The highest BCUT2D eigenvalue weighted by Crippen LogP contribution is 2.28. The SMILES string of the molecule is O=C(NCC1CCN(c2ccc(F)c(F)c2)C1)N1CCc2ccccc21. The molecule has 4 rings (SSSR count). The smallest absolute Gasteiger partial charge is 0.321 e. The van der Waals surface area contributed by atoms with Gasteiger partial charge in [0.25, 0.3) is 0 Å². The monoisotopic (exact) mass is 357 g/mol. The molecule has 2 amide bonds. The second-order valence-electron chi connectivity index (χ2n) is 6.92. The maximum absolute atomic E-state index is 13.4. The summed E-state index contributed by atoms with van der Waals surface area (Å²) in [4.78, 5) is 16.3. The third-order valence-electron chi connectivity index (χ3n) is 5.23. The Morgan fingerprint density at radius 2 is 1.96 bits per heavy atom. The Morgan fingerprint density at radius 1 is 1.12 bits per heavy atom. The van der Waals surface area contributed by atoms with E-state index in [-0.39, 0.29) is 6.03 Å². The van der Waals surface area contributed by atoms with Crippen LogP contribution in [0.1, 0.15) is 12.0 Å². The molecule has 26 heavy (non-hydrogen) atoms. The van der Waals surface area contributed by atoms with Crippen LogP contribution in [0.4, 0.5) is 25.0 Å². The Hall–Kier alpha value is -2.63. The van der Waals surface area contributed by atoms with Crippen LogP contribution in [0.25, 0.3) is 0 Å². The fourth-order valence-electron chi connectivity index (χ4n) is 3.79. The molecule has 1 N–H and O–H groups in total. The Bertz CT molecular complexity index is 826. The van der Waals surface area contributed by atoms with Gasteiger partial charge in [-0.05, 0) is 42.5 Å². The van der Waals surface area contributed by atoms with E-state index in [1.165, 1.54) is 11.6 Å². The van der Waals surface area contributed by atoms with Gasteiger partial charge in [-0.2, -0.15) is 0 Å². The highest BCUT2D eigenvalue weighted by atomic mass is 19.2. The molecule has 136 valence electrons. The summed E-state index contributed by atoms with van der Waals surface area (Å²) in [6.45, 7) is 2.79. The van der Waals surface area contributed by atoms with Gasteiger partial charge in [0.05, 0.1) is 0 Å². The van der Waals surface area contributed by atoms with Gasteiger partial charge in [0.2, 0.25) is 0 Å². The summed E-state index contributed by atoms with van der Waals surface area (Å²) in [6, 6.07) is 11.9. The number of rotatable bonds is 3. The third-order valence-corrected chi connectivity index (χ3v) is 5.23. The molecule has 2 aromatic rings. The lowest BCUT2D eigenvalue weighted by Gasteiger charge is -2.21. The van der Waals surface area contributed by atoms with Crippen molar-refractivity contribution >= 4 is 17.4 Å². The number of hydrogen-bond donors (Lipinski definition) is 1. The third kappa shape index (κ3) is 3.23. The normalized spacial score (nSPS) is 18.9. The van der Waals surface area contributed by atoms with E-state index < -0.39 is 11.6 Å². The van der Waals surface area contributed by atoms with Crippen molar-refractivity contribution in [2.45, 2.75) is 12.8 Å². The van der Waals surface area contributed by atoms with Gasteiger partial charge >= 0.3 is 6.03 Å². The summed E-state index contributed by atoms with van der Waals surface area (Å²) >= 11 is 0. The average molecular weight is 357 g/mol. The molecule has 0 aliphatic carbocycles. The molecule has 2 heterocycles. The number of fused-ring (bicyclic) bond motifs is 1. The Morgan fingerprint density at radius 3 is 2.81 bits per heavy atom. The largest absolute Gasteiger partial charge is 0.371 e. The number of hydrogen-bond acceptors (Lipinski definition) is 2. The van der Waals surface area contributed by atoms with Crippen LogP contribution in [-0.4, -0.2) is 32.2 Å². The van der Waals surface area contributed by atoms with Crippen LogP contribution in [0.2, 0.25) is 0 Å². The number of amides is 2. The molecule has 0 bridgehead atoms. The number of halogens is 2. The number of benzene rings is 2. The summed E-state index contributed by atoms with van der Waals surface area (Å²) < 4.78 is 26.5. The van der Waals surface area contributed by atoms with Crippen molar-refractivity contribution < 1.29 is 13.6 Å². The molecular weight excluding hydrogens is 336 g/mol. The fraction of sp³-hybridized carbons (Fsp3) is 0.350. The van der Waals surface area contributed by atoms with E-state index in [1.807, 2.05) is 23.1 Å². The van der Waals surface area contributed by atoms with Crippen molar-refractivity contribution in [2.75, 3.05) is 36.0 Å². The molecule has 1 fully saturated rings. The zero-order valence-corrected chi connectivity index (χ0v) is 14.4. The molecule has 2 aromatic carbocycles. The average Bonchev–Trinajstić information content (AvgIpc) is 3.29. The van der Waals surface area contributed by atoms with Gasteiger partial charge in [-0.1, -0.05) is 18.2 Å². The number of carbonyl (C=O) groups excluding carboxylic acids is 1. The first-order chi connectivity index (χ1) is 12.6. The van der Waals surface area contributed by atoms with Gasteiger partial charge in [0.1, 0.15) is 0 Å². The van der Waals surface area contributed by atoms with Crippen LogP contribution in [0.15, 0.2) is 42.5 Å². The maximum atomic E-state index is 13.4. The standard InChI is InChI=1S/C20H21F2N3O/c21-17-6-5-16(11-18(17)22)24-9-7-14(13-24)12-23-20(26)25-10-8-15-3-1-2-4-19(15)25/h1-6,11,14H,7-10,12-13H2,(H,23,26). The zero-order chi connectivity index (χ0) is 18.1. The molecule has 0 spiro atoms. The van der Waals surface area contributed by atoms with E-state index in [4.69, 9.17) is 0 Å². The number of para-hydroxylation sites is 1.